The number of thiazole rings is 1. The summed E-state index contributed by atoms with van der Waals surface area (Å²) in [5.41, 5.74) is 3.91. The van der Waals surface area contributed by atoms with Gasteiger partial charge >= 0.3 is 0 Å². The molecule has 1 saturated heterocycles. The summed E-state index contributed by atoms with van der Waals surface area (Å²) in [4.78, 5) is 9.70. The van der Waals surface area contributed by atoms with E-state index in [9.17, 15) is 0 Å². The molecule has 0 bridgehead atoms. The smallest absolute Gasteiger partial charge is 0.185 e. The number of anilines is 1. The Bertz CT molecular complexity index is 650. The lowest BCUT2D eigenvalue weighted by atomic mass is 9.84. The molecule has 0 spiro atoms. The van der Waals surface area contributed by atoms with E-state index in [1.54, 1.807) is 11.3 Å². The third-order valence-electron chi connectivity index (χ3n) is 5.55. The first-order valence-electron chi connectivity index (χ1n) is 9.29. The van der Waals surface area contributed by atoms with Crippen molar-refractivity contribution in [2.45, 2.75) is 38.0 Å². The number of nitrogens with zero attached hydrogens (tertiary/aromatic N) is 3. The maximum absolute atomic E-state index is 4.90. The van der Waals surface area contributed by atoms with E-state index in [0.717, 1.165) is 37.8 Å². The van der Waals surface area contributed by atoms with Gasteiger partial charge < -0.3 is 9.80 Å². The fourth-order valence-corrected chi connectivity index (χ4v) is 4.79. The van der Waals surface area contributed by atoms with Crippen molar-refractivity contribution in [3.05, 3.63) is 35.2 Å². The fourth-order valence-electron chi connectivity index (χ4n) is 3.90. The molecule has 1 aromatic heterocycles. The van der Waals surface area contributed by atoms with Gasteiger partial charge in [0.1, 0.15) is 0 Å². The number of hydrogen-bond donors (Lipinski definition) is 0. The Morgan fingerprint density at radius 2 is 1.67 bits per heavy atom. The lowest BCUT2D eigenvalue weighted by Crippen LogP contribution is -2.44. The SMILES string of the molecule is CN1CCN(c2nc(-c3ccc(C4CCCCC4)cc3)cs2)CC1. The van der Waals surface area contributed by atoms with Crippen LogP contribution in [0.15, 0.2) is 29.6 Å². The van der Waals surface area contributed by atoms with E-state index in [4.69, 9.17) is 4.98 Å². The molecular formula is C20H27N3S. The van der Waals surface area contributed by atoms with E-state index in [2.05, 4.69) is 46.5 Å². The second-order valence-electron chi connectivity index (χ2n) is 7.26. The van der Waals surface area contributed by atoms with Crippen molar-refractivity contribution in [3.8, 4) is 11.3 Å². The summed E-state index contributed by atoms with van der Waals surface area (Å²) in [5, 5.41) is 3.39. The molecule has 0 amide bonds. The van der Waals surface area contributed by atoms with Crippen molar-refractivity contribution < 1.29 is 0 Å². The van der Waals surface area contributed by atoms with E-state index < -0.39 is 0 Å². The Morgan fingerprint density at radius 1 is 0.958 bits per heavy atom. The Balaban J connectivity index is 1.46. The summed E-state index contributed by atoms with van der Waals surface area (Å²) < 4.78 is 0. The maximum Gasteiger partial charge on any atom is 0.185 e. The fraction of sp³-hybridized carbons (Fsp3) is 0.550. The Kier molecular flexibility index (Phi) is 4.86. The largest absolute Gasteiger partial charge is 0.346 e. The number of aromatic nitrogens is 1. The molecule has 0 unspecified atom stereocenters. The van der Waals surface area contributed by atoms with Gasteiger partial charge in [-0.05, 0) is 31.4 Å². The summed E-state index contributed by atoms with van der Waals surface area (Å²) in [5.74, 6) is 0.782. The average molecular weight is 342 g/mol. The zero-order valence-corrected chi connectivity index (χ0v) is 15.4. The zero-order valence-electron chi connectivity index (χ0n) is 14.6. The van der Waals surface area contributed by atoms with Gasteiger partial charge in [0, 0.05) is 37.1 Å². The number of benzene rings is 1. The first kappa shape index (κ1) is 16.1. The molecule has 0 atom stereocenters. The van der Waals surface area contributed by atoms with E-state index in [1.165, 1.54) is 48.4 Å². The Labute approximate surface area is 149 Å². The summed E-state index contributed by atoms with van der Waals surface area (Å²) in [6.45, 7) is 4.43. The van der Waals surface area contributed by atoms with Crippen LogP contribution in [0, 0.1) is 0 Å². The average Bonchev–Trinajstić information content (AvgIpc) is 3.13. The van der Waals surface area contributed by atoms with Crippen LogP contribution in [0.3, 0.4) is 0 Å². The highest BCUT2D eigenvalue weighted by Crippen LogP contribution is 2.34. The second kappa shape index (κ2) is 7.24. The van der Waals surface area contributed by atoms with Gasteiger partial charge in [0.25, 0.3) is 0 Å². The van der Waals surface area contributed by atoms with Gasteiger partial charge in [-0.15, -0.1) is 11.3 Å². The van der Waals surface area contributed by atoms with Crippen molar-refractivity contribution in [1.82, 2.24) is 9.88 Å². The van der Waals surface area contributed by atoms with Crippen LogP contribution in [-0.4, -0.2) is 43.1 Å². The lowest BCUT2D eigenvalue weighted by molar-refractivity contribution is 0.313. The molecule has 0 N–H and O–H groups in total. The molecule has 2 aromatic rings. The third kappa shape index (κ3) is 3.50. The van der Waals surface area contributed by atoms with Gasteiger partial charge in [-0.3, -0.25) is 0 Å². The van der Waals surface area contributed by atoms with Crippen molar-refractivity contribution in [3.63, 3.8) is 0 Å². The first-order valence-corrected chi connectivity index (χ1v) is 10.2. The predicted octanol–water partition coefficient (Wildman–Crippen LogP) is 4.61. The van der Waals surface area contributed by atoms with Crippen molar-refractivity contribution in [2.75, 3.05) is 38.1 Å². The summed E-state index contributed by atoms with van der Waals surface area (Å²) in [6, 6.07) is 9.21. The topological polar surface area (TPSA) is 19.4 Å². The molecule has 128 valence electrons. The van der Waals surface area contributed by atoms with Crippen LogP contribution in [-0.2, 0) is 0 Å². The highest BCUT2D eigenvalue weighted by atomic mass is 32.1. The molecular weight excluding hydrogens is 314 g/mol. The lowest BCUT2D eigenvalue weighted by Gasteiger charge is -2.32. The quantitative estimate of drug-likeness (QED) is 0.813. The van der Waals surface area contributed by atoms with Gasteiger partial charge in [-0.1, -0.05) is 43.5 Å². The molecule has 3 nitrogen and oxygen atoms in total. The monoisotopic (exact) mass is 341 g/mol. The van der Waals surface area contributed by atoms with Crippen LogP contribution in [0.5, 0.6) is 0 Å². The van der Waals surface area contributed by atoms with Crippen LogP contribution in [0.2, 0.25) is 0 Å². The standard InChI is InChI=1S/C20H27N3S/c1-22-11-13-23(14-12-22)20-21-19(15-24-20)18-9-7-17(8-10-18)16-5-3-2-4-6-16/h7-10,15-16H,2-6,11-14H2,1H3. The Morgan fingerprint density at radius 3 is 2.38 bits per heavy atom. The van der Waals surface area contributed by atoms with Gasteiger partial charge in [-0.2, -0.15) is 0 Å². The van der Waals surface area contributed by atoms with Crippen LogP contribution < -0.4 is 4.90 Å². The number of rotatable bonds is 3. The normalized spacial score (nSPS) is 20.5. The van der Waals surface area contributed by atoms with Gasteiger partial charge in [0.05, 0.1) is 5.69 Å². The van der Waals surface area contributed by atoms with Crippen molar-refractivity contribution in [2.24, 2.45) is 0 Å². The predicted molar refractivity (Wildman–Crippen MR) is 103 cm³/mol. The minimum atomic E-state index is 0.782. The highest BCUT2D eigenvalue weighted by molar-refractivity contribution is 7.14. The molecule has 0 radical (unpaired) electrons. The number of hydrogen-bond acceptors (Lipinski definition) is 4. The van der Waals surface area contributed by atoms with E-state index in [0.29, 0.717) is 0 Å². The van der Waals surface area contributed by atoms with Gasteiger partial charge in [0.15, 0.2) is 5.13 Å². The second-order valence-corrected chi connectivity index (χ2v) is 8.10. The minimum absolute atomic E-state index is 0.782. The molecule has 2 aliphatic rings. The van der Waals surface area contributed by atoms with Crippen molar-refractivity contribution in [1.29, 1.82) is 0 Å². The molecule has 1 aliphatic carbocycles. The molecule has 2 fully saturated rings. The molecule has 1 saturated carbocycles. The number of piperazine rings is 1. The maximum atomic E-state index is 4.90. The molecule has 1 aliphatic heterocycles. The summed E-state index contributed by atoms with van der Waals surface area (Å²) in [7, 11) is 2.19. The molecule has 2 heterocycles. The zero-order chi connectivity index (χ0) is 16.4. The first-order chi connectivity index (χ1) is 11.8. The van der Waals surface area contributed by atoms with Gasteiger partial charge in [-0.25, -0.2) is 4.98 Å². The summed E-state index contributed by atoms with van der Waals surface area (Å²) in [6.07, 6.45) is 6.94. The van der Waals surface area contributed by atoms with Crippen LogP contribution in [0.25, 0.3) is 11.3 Å². The van der Waals surface area contributed by atoms with E-state index in [-0.39, 0.29) is 0 Å². The van der Waals surface area contributed by atoms with Crippen molar-refractivity contribution >= 4 is 16.5 Å². The highest BCUT2D eigenvalue weighted by Gasteiger charge is 2.18. The van der Waals surface area contributed by atoms with E-state index >= 15 is 0 Å². The van der Waals surface area contributed by atoms with Crippen LogP contribution in [0.1, 0.15) is 43.6 Å². The third-order valence-corrected chi connectivity index (χ3v) is 6.45. The summed E-state index contributed by atoms with van der Waals surface area (Å²) >= 11 is 1.78. The molecule has 4 rings (SSSR count). The minimum Gasteiger partial charge on any atom is -0.346 e. The molecule has 24 heavy (non-hydrogen) atoms. The molecule has 1 aromatic carbocycles. The van der Waals surface area contributed by atoms with Crippen LogP contribution >= 0.6 is 11.3 Å². The molecule has 4 heteroatoms. The Hall–Kier alpha value is -1.39. The van der Waals surface area contributed by atoms with E-state index in [1.807, 2.05) is 0 Å². The van der Waals surface area contributed by atoms with Gasteiger partial charge in [0.2, 0.25) is 0 Å². The van der Waals surface area contributed by atoms with Crippen LogP contribution in [0.4, 0.5) is 5.13 Å². The number of likely N-dealkylation sites (N-methyl/N-ethyl adjacent to an activating group) is 1.